The first-order chi connectivity index (χ1) is 12.5. The molecule has 1 aliphatic carbocycles. The molecule has 0 heterocycles. The first-order valence-corrected chi connectivity index (χ1v) is 9.71. The van der Waals surface area contributed by atoms with Gasteiger partial charge in [-0.25, -0.2) is 0 Å². The lowest BCUT2D eigenvalue weighted by molar-refractivity contribution is -0.146. The maximum Gasteiger partial charge on any atom is 0.243 e. The van der Waals surface area contributed by atoms with Crippen molar-refractivity contribution in [3.63, 3.8) is 0 Å². The van der Waals surface area contributed by atoms with E-state index in [2.05, 4.69) is 10.6 Å². The number of imide groups is 1. The molecule has 1 fully saturated rings. The zero-order valence-corrected chi connectivity index (χ0v) is 16.0. The summed E-state index contributed by atoms with van der Waals surface area (Å²) in [6, 6.07) is -0.623. The van der Waals surface area contributed by atoms with Gasteiger partial charge in [-0.05, 0) is 26.2 Å². The number of carbonyl (C=O) groups excluding carboxylic acids is 4. The van der Waals surface area contributed by atoms with Crippen LogP contribution in [-0.2, 0) is 19.2 Å². The fourth-order valence-electron chi connectivity index (χ4n) is 3.55. The molecule has 2 unspecified atom stereocenters. The van der Waals surface area contributed by atoms with Gasteiger partial charge in [0.05, 0.1) is 0 Å². The van der Waals surface area contributed by atoms with Crippen LogP contribution in [0.5, 0.6) is 0 Å². The summed E-state index contributed by atoms with van der Waals surface area (Å²) >= 11 is 0. The molecule has 0 aromatic carbocycles. The van der Waals surface area contributed by atoms with Gasteiger partial charge in [0.25, 0.3) is 0 Å². The quantitative estimate of drug-likeness (QED) is 0.571. The summed E-state index contributed by atoms with van der Waals surface area (Å²) in [4.78, 5) is 47.6. The molecule has 0 aliphatic heterocycles. The van der Waals surface area contributed by atoms with Crippen LogP contribution in [0.2, 0.25) is 0 Å². The maximum absolute atomic E-state index is 12.6. The highest BCUT2D eigenvalue weighted by atomic mass is 16.2. The molecule has 2 atom stereocenters. The van der Waals surface area contributed by atoms with E-state index in [1.165, 1.54) is 39.2 Å². The van der Waals surface area contributed by atoms with Crippen molar-refractivity contribution in [1.29, 1.82) is 0 Å². The van der Waals surface area contributed by atoms with Crippen LogP contribution in [0.1, 0.15) is 71.1 Å². The number of nitrogens with one attached hydrogen (secondary N) is 2. The Morgan fingerprint density at radius 1 is 1.12 bits per heavy atom. The van der Waals surface area contributed by atoms with Crippen molar-refractivity contribution in [3.05, 3.63) is 0 Å². The van der Waals surface area contributed by atoms with Gasteiger partial charge in [0.1, 0.15) is 12.3 Å². The minimum atomic E-state index is -0.941. The molecule has 3 amide bonds. The Kier molecular flexibility index (Phi) is 10.8. The van der Waals surface area contributed by atoms with Crippen LogP contribution in [0.15, 0.2) is 0 Å². The highest BCUT2D eigenvalue weighted by Crippen LogP contribution is 2.18. The third kappa shape index (κ3) is 7.64. The lowest BCUT2D eigenvalue weighted by Crippen LogP contribution is -2.50. The van der Waals surface area contributed by atoms with Gasteiger partial charge < -0.3 is 15.4 Å². The van der Waals surface area contributed by atoms with Crippen molar-refractivity contribution in [2.24, 2.45) is 0 Å². The number of likely N-dealkylation sites (N-methyl/N-ethyl adjacent to an activating group) is 1. The zero-order chi connectivity index (χ0) is 19.4. The van der Waals surface area contributed by atoms with Crippen LogP contribution in [0.4, 0.5) is 0 Å². The summed E-state index contributed by atoms with van der Waals surface area (Å²) in [5.74, 6) is -0.835. The number of rotatable bonds is 10. The van der Waals surface area contributed by atoms with E-state index >= 15 is 0 Å². The average molecular weight is 367 g/mol. The van der Waals surface area contributed by atoms with Crippen LogP contribution in [0.25, 0.3) is 0 Å². The van der Waals surface area contributed by atoms with E-state index in [1.807, 2.05) is 6.92 Å². The molecule has 2 N–H and O–H groups in total. The first-order valence-electron chi connectivity index (χ1n) is 9.71. The molecule has 1 rings (SSSR count). The van der Waals surface area contributed by atoms with Crippen molar-refractivity contribution in [2.45, 2.75) is 89.3 Å². The summed E-state index contributed by atoms with van der Waals surface area (Å²) in [5, 5.41) is 5.95. The van der Waals surface area contributed by atoms with E-state index < -0.39 is 17.9 Å². The molecule has 1 saturated carbocycles. The molecule has 0 bridgehead atoms. The Balaban J connectivity index is 2.63. The van der Waals surface area contributed by atoms with Crippen LogP contribution in [0.3, 0.4) is 0 Å². The first kappa shape index (κ1) is 22.3. The second kappa shape index (κ2) is 12.6. The van der Waals surface area contributed by atoms with Gasteiger partial charge in [0.2, 0.25) is 18.2 Å². The molecule has 26 heavy (non-hydrogen) atoms. The van der Waals surface area contributed by atoms with E-state index in [4.69, 9.17) is 0 Å². The molecule has 7 heteroatoms. The lowest BCUT2D eigenvalue weighted by atomic mass is 9.96. The van der Waals surface area contributed by atoms with Gasteiger partial charge >= 0.3 is 0 Å². The molecule has 7 nitrogen and oxygen atoms in total. The highest BCUT2D eigenvalue weighted by Gasteiger charge is 2.29. The van der Waals surface area contributed by atoms with Crippen LogP contribution >= 0.6 is 0 Å². The van der Waals surface area contributed by atoms with Gasteiger partial charge in [-0.3, -0.25) is 19.3 Å². The van der Waals surface area contributed by atoms with Crippen LogP contribution in [-0.4, -0.2) is 54.6 Å². The molecule has 0 saturated heterocycles. The molecular weight excluding hydrogens is 334 g/mol. The maximum atomic E-state index is 12.6. The van der Waals surface area contributed by atoms with Crippen molar-refractivity contribution in [2.75, 3.05) is 7.05 Å². The predicted octanol–water partition coefficient (Wildman–Crippen LogP) is 1.55. The molecule has 0 aromatic heterocycles. The number of hydrogen-bond donors (Lipinski definition) is 2. The number of amides is 3. The van der Waals surface area contributed by atoms with E-state index in [9.17, 15) is 19.2 Å². The van der Waals surface area contributed by atoms with Crippen LogP contribution in [0, 0.1) is 0 Å². The molecule has 0 spiro atoms. The minimum Gasteiger partial charge on any atom is -0.357 e. The van der Waals surface area contributed by atoms with Gasteiger partial charge in [0.15, 0.2) is 0 Å². The van der Waals surface area contributed by atoms with E-state index in [-0.39, 0.29) is 25.3 Å². The second-order valence-corrected chi connectivity index (χ2v) is 7.09. The Morgan fingerprint density at radius 2 is 1.73 bits per heavy atom. The number of carbonyl (C=O) groups is 4. The summed E-state index contributed by atoms with van der Waals surface area (Å²) in [6.45, 7) is 1.93. The van der Waals surface area contributed by atoms with Gasteiger partial charge in [-0.1, -0.05) is 32.1 Å². The molecular formula is C19H33N3O4. The Morgan fingerprint density at radius 3 is 2.27 bits per heavy atom. The van der Waals surface area contributed by atoms with Gasteiger partial charge in [-0.2, -0.15) is 0 Å². The smallest absolute Gasteiger partial charge is 0.243 e. The van der Waals surface area contributed by atoms with Crippen molar-refractivity contribution in [3.8, 4) is 0 Å². The molecule has 1 aliphatic rings. The molecule has 148 valence electrons. The van der Waals surface area contributed by atoms with Gasteiger partial charge in [0, 0.05) is 32.0 Å². The average Bonchev–Trinajstić information content (AvgIpc) is 2.59. The number of aldehydes is 1. The van der Waals surface area contributed by atoms with Crippen molar-refractivity contribution >= 4 is 24.5 Å². The van der Waals surface area contributed by atoms with E-state index in [0.29, 0.717) is 18.7 Å². The Bertz CT molecular complexity index is 462. The Labute approximate surface area is 156 Å². The summed E-state index contributed by atoms with van der Waals surface area (Å²) < 4.78 is 0. The van der Waals surface area contributed by atoms with Gasteiger partial charge in [-0.15, -0.1) is 0 Å². The fourth-order valence-corrected chi connectivity index (χ4v) is 3.55. The monoisotopic (exact) mass is 367 g/mol. The van der Waals surface area contributed by atoms with Crippen molar-refractivity contribution in [1.82, 2.24) is 15.5 Å². The lowest BCUT2D eigenvalue weighted by Gasteiger charge is -2.28. The summed E-state index contributed by atoms with van der Waals surface area (Å²) in [6.07, 6.45) is 9.91. The largest absolute Gasteiger partial charge is 0.357 e. The number of hydrogen-bond acceptors (Lipinski definition) is 5. The minimum absolute atomic E-state index is 0.0780. The van der Waals surface area contributed by atoms with E-state index in [0.717, 1.165) is 17.7 Å². The third-order valence-corrected chi connectivity index (χ3v) is 4.95. The second-order valence-electron chi connectivity index (χ2n) is 7.09. The zero-order valence-electron chi connectivity index (χ0n) is 16.0. The number of nitrogens with zero attached hydrogens (tertiary/aromatic N) is 1. The predicted molar refractivity (Wildman–Crippen MR) is 99.4 cm³/mol. The molecule has 0 radical (unpaired) electrons. The van der Waals surface area contributed by atoms with Crippen molar-refractivity contribution < 1.29 is 19.2 Å². The summed E-state index contributed by atoms with van der Waals surface area (Å²) in [7, 11) is 1.45. The highest BCUT2D eigenvalue weighted by molar-refractivity contribution is 5.94. The summed E-state index contributed by atoms with van der Waals surface area (Å²) in [5.41, 5.74) is 0. The van der Waals surface area contributed by atoms with E-state index in [1.54, 1.807) is 0 Å². The fraction of sp³-hybridized carbons (Fsp3) is 0.789. The molecule has 0 aromatic rings. The normalized spacial score (nSPS) is 18.1. The topological polar surface area (TPSA) is 95.6 Å². The van der Waals surface area contributed by atoms with Crippen LogP contribution < -0.4 is 10.6 Å². The Hall–Kier alpha value is -1.76. The standard InChI is InChI=1S/C19H33N3O4/c1-15(21-16-9-6-4-3-5-7-10-16)13-18(25)22(14-24)17(11-8-12-23)19(26)20-2/h12,14-17,21H,3-11,13H2,1-2H3,(H,20,26). The third-order valence-electron chi connectivity index (χ3n) is 4.95. The SMILES string of the molecule is CNC(=O)C(CCC=O)N(C=O)C(=O)CC(C)NC1CCCCCCC1.